The minimum atomic E-state index is -0.721. The molecule has 4 aromatic rings. The van der Waals surface area contributed by atoms with Gasteiger partial charge in [0.1, 0.15) is 11.9 Å². The summed E-state index contributed by atoms with van der Waals surface area (Å²) in [6.45, 7) is 1.66. The van der Waals surface area contributed by atoms with Gasteiger partial charge < -0.3 is 14.8 Å². The Morgan fingerprint density at radius 2 is 1.86 bits per heavy atom. The first-order valence-electron chi connectivity index (χ1n) is 14.7. The fourth-order valence-electron chi connectivity index (χ4n) is 6.28. The maximum Gasteiger partial charge on any atom is 0.244 e. The molecule has 1 fully saturated rings. The lowest BCUT2D eigenvalue weighted by atomic mass is 9.95. The molecule has 0 radical (unpaired) electrons. The molecule has 1 unspecified atom stereocenters. The molecule has 2 aromatic carbocycles. The number of pyridine rings is 1. The van der Waals surface area contributed by atoms with Crippen molar-refractivity contribution in [3.63, 3.8) is 0 Å². The zero-order valence-electron chi connectivity index (χ0n) is 24.3. The van der Waals surface area contributed by atoms with Crippen LogP contribution in [-0.2, 0) is 42.3 Å². The molecule has 0 spiro atoms. The lowest BCUT2D eigenvalue weighted by Gasteiger charge is -2.44. The summed E-state index contributed by atoms with van der Waals surface area (Å²) < 4.78 is 16.4. The minimum Gasteiger partial charge on any atom is -0.354 e. The van der Waals surface area contributed by atoms with Crippen molar-refractivity contribution in [1.82, 2.24) is 29.7 Å². The Morgan fingerprint density at radius 3 is 2.64 bits per heavy atom. The van der Waals surface area contributed by atoms with Crippen LogP contribution in [0.5, 0.6) is 0 Å². The van der Waals surface area contributed by atoms with E-state index in [9.17, 15) is 14.0 Å². The number of hydrogen-bond acceptors (Lipinski definition) is 5. The van der Waals surface area contributed by atoms with Crippen LogP contribution in [0.25, 0.3) is 0 Å². The Hall–Kier alpha value is -3.60. The quantitative estimate of drug-likeness (QED) is 0.307. The monoisotopic (exact) mass is 678 g/mol. The third-order valence-electron chi connectivity index (χ3n) is 8.56. The molecule has 44 heavy (non-hydrogen) atoms. The van der Waals surface area contributed by atoms with Gasteiger partial charge in [-0.05, 0) is 81.4 Å². The highest BCUT2D eigenvalue weighted by Crippen LogP contribution is 2.38. The molecule has 2 amide bonds. The zero-order chi connectivity index (χ0) is 30.8. The molecule has 0 saturated carbocycles. The maximum atomic E-state index is 13.9. The van der Waals surface area contributed by atoms with Gasteiger partial charge in [0.05, 0.1) is 24.5 Å². The predicted octanol–water partition coefficient (Wildman–Crippen LogP) is 4.67. The van der Waals surface area contributed by atoms with Crippen molar-refractivity contribution in [3.8, 4) is 0 Å². The summed E-state index contributed by atoms with van der Waals surface area (Å²) in [5.41, 5.74) is 6.07. The number of aromatic nitrogens is 3. The fraction of sp³-hybridized carbons (Fsp3) is 0.333. The number of amides is 2. The summed E-state index contributed by atoms with van der Waals surface area (Å²) in [5.74, 6) is -0.733. The number of aryl methyl sites for hydroxylation is 3. The third-order valence-corrected chi connectivity index (χ3v) is 9.22. The first-order valence-corrected chi connectivity index (χ1v) is 15.9. The van der Waals surface area contributed by atoms with E-state index in [1.54, 1.807) is 29.6 Å². The molecular formula is C33H33BrClFN6O2. The minimum absolute atomic E-state index is 0.0856. The Labute approximate surface area is 269 Å². The number of carbonyl (C=O) groups is 2. The number of imidazole rings is 1. The van der Waals surface area contributed by atoms with Gasteiger partial charge in [0.15, 0.2) is 0 Å². The Balaban J connectivity index is 1.30. The Bertz CT molecular complexity index is 1630. The smallest absolute Gasteiger partial charge is 0.244 e. The second-order valence-electron chi connectivity index (χ2n) is 11.4. The number of halogens is 3. The Morgan fingerprint density at radius 1 is 1.07 bits per heavy atom. The summed E-state index contributed by atoms with van der Waals surface area (Å²) in [7, 11) is 1.92. The molecule has 8 nitrogen and oxygen atoms in total. The first kappa shape index (κ1) is 30.4. The van der Waals surface area contributed by atoms with Crippen LogP contribution in [0.2, 0.25) is 5.02 Å². The molecule has 2 aromatic heterocycles. The topological polar surface area (TPSA) is 83.4 Å². The molecule has 1 N–H and O–H groups in total. The molecular weight excluding hydrogens is 647 g/mol. The van der Waals surface area contributed by atoms with Crippen LogP contribution in [0.15, 0.2) is 71.7 Å². The second-order valence-corrected chi connectivity index (χ2v) is 12.7. The average molecular weight is 680 g/mol. The van der Waals surface area contributed by atoms with Gasteiger partial charge in [-0.3, -0.25) is 19.5 Å². The summed E-state index contributed by atoms with van der Waals surface area (Å²) in [5, 5.41) is 3.76. The summed E-state index contributed by atoms with van der Waals surface area (Å²) in [4.78, 5) is 40.5. The SMILES string of the molecule is Cn1cncc1CCNC(=O)[C@H]1CN(C2c3ccc(Cl)cc3CCc3cc(Br)cnc32)CCN1C(=O)Cc1ccc(F)cc1. The van der Waals surface area contributed by atoms with Crippen molar-refractivity contribution in [1.29, 1.82) is 0 Å². The summed E-state index contributed by atoms with van der Waals surface area (Å²) >= 11 is 10.0. The number of carbonyl (C=O) groups excluding carboxylic acids is 2. The standard InChI is InChI=1S/C33H33BrClFN6O2/c1-40-20-37-18-27(40)10-11-38-33(44)29-19-41(12-13-42(29)30(43)14-21-2-7-26(36)8-3-21)32-28-9-6-25(35)16-22(28)4-5-23-15-24(34)17-39-31(23)32/h2-3,6-9,15-18,20,29,32H,4-5,10-14,19H2,1H3,(H,38,44)/t29-,32?/m1/s1. The molecule has 6 rings (SSSR count). The van der Waals surface area contributed by atoms with Crippen LogP contribution in [0.1, 0.15) is 39.7 Å². The van der Waals surface area contributed by atoms with Crippen molar-refractivity contribution in [2.24, 2.45) is 7.05 Å². The van der Waals surface area contributed by atoms with Gasteiger partial charge in [0.25, 0.3) is 0 Å². The van der Waals surface area contributed by atoms with Gasteiger partial charge in [0, 0.05) is 67.2 Å². The van der Waals surface area contributed by atoms with Crippen molar-refractivity contribution < 1.29 is 14.0 Å². The van der Waals surface area contributed by atoms with E-state index in [-0.39, 0.29) is 30.1 Å². The van der Waals surface area contributed by atoms with E-state index in [4.69, 9.17) is 16.6 Å². The van der Waals surface area contributed by atoms with Gasteiger partial charge in [-0.2, -0.15) is 0 Å². The second kappa shape index (κ2) is 13.2. The van der Waals surface area contributed by atoms with Gasteiger partial charge in [0.2, 0.25) is 11.8 Å². The third kappa shape index (κ3) is 6.57. The molecule has 0 bridgehead atoms. The largest absolute Gasteiger partial charge is 0.354 e. The number of hydrogen-bond donors (Lipinski definition) is 1. The van der Waals surface area contributed by atoms with Crippen LogP contribution in [0, 0.1) is 5.82 Å². The zero-order valence-corrected chi connectivity index (χ0v) is 26.7. The number of piperazine rings is 1. The van der Waals surface area contributed by atoms with Crippen molar-refractivity contribution in [3.05, 3.63) is 116 Å². The maximum absolute atomic E-state index is 13.9. The van der Waals surface area contributed by atoms with Crippen LogP contribution in [0.4, 0.5) is 4.39 Å². The highest BCUT2D eigenvalue weighted by molar-refractivity contribution is 9.10. The van der Waals surface area contributed by atoms with E-state index in [2.05, 4.69) is 43.3 Å². The molecule has 1 saturated heterocycles. The summed E-state index contributed by atoms with van der Waals surface area (Å²) in [6.07, 6.45) is 7.68. The lowest BCUT2D eigenvalue weighted by Crippen LogP contribution is -2.61. The van der Waals surface area contributed by atoms with E-state index in [1.165, 1.54) is 12.1 Å². The van der Waals surface area contributed by atoms with Crippen molar-refractivity contribution >= 4 is 39.3 Å². The van der Waals surface area contributed by atoms with Crippen molar-refractivity contribution in [2.45, 2.75) is 37.8 Å². The van der Waals surface area contributed by atoms with Crippen LogP contribution >= 0.6 is 27.5 Å². The highest BCUT2D eigenvalue weighted by atomic mass is 79.9. The highest BCUT2D eigenvalue weighted by Gasteiger charge is 2.40. The summed E-state index contributed by atoms with van der Waals surface area (Å²) in [6, 6.07) is 13.1. The van der Waals surface area contributed by atoms with E-state index in [1.807, 2.05) is 29.9 Å². The number of rotatable bonds is 7. The van der Waals surface area contributed by atoms with Crippen LogP contribution in [0.3, 0.4) is 0 Å². The first-order chi connectivity index (χ1) is 21.3. The number of fused-ring (bicyclic) bond motifs is 2. The number of benzene rings is 2. The van der Waals surface area contributed by atoms with E-state index >= 15 is 0 Å². The lowest BCUT2D eigenvalue weighted by molar-refractivity contribution is -0.144. The van der Waals surface area contributed by atoms with E-state index < -0.39 is 6.04 Å². The van der Waals surface area contributed by atoms with E-state index in [0.29, 0.717) is 43.2 Å². The number of nitrogens with zero attached hydrogens (tertiary/aromatic N) is 5. The molecule has 2 aliphatic rings. The van der Waals surface area contributed by atoms with Crippen LogP contribution < -0.4 is 5.32 Å². The molecule has 3 heterocycles. The van der Waals surface area contributed by atoms with Crippen LogP contribution in [-0.4, -0.2) is 68.4 Å². The molecule has 228 valence electrons. The molecule has 11 heteroatoms. The van der Waals surface area contributed by atoms with E-state index in [0.717, 1.165) is 45.4 Å². The molecule has 1 aliphatic heterocycles. The fourth-order valence-corrected chi connectivity index (χ4v) is 6.85. The Kier molecular flexibility index (Phi) is 9.11. The number of nitrogens with one attached hydrogen (secondary N) is 1. The van der Waals surface area contributed by atoms with Gasteiger partial charge in [-0.1, -0.05) is 29.8 Å². The predicted molar refractivity (Wildman–Crippen MR) is 170 cm³/mol. The van der Waals surface area contributed by atoms with Crippen molar-refractivity contribution in [2.75, 3.05) is 26.2 Å². The van der Waals surface area contributed by atoms with Gasteiger partial charge >= 0.3 is 0 Å². The average Bonchev–Trinajstić information content (AvgIpc) is 3.35. The van der Waals surface area contributed by atoms with Gasteiger partial charge in [-0.15, -0.1) is 0 Å². The normalized spacial score (nSPS) is 18.3. The van der Waals surface area contributed by atoms with Gasteiger partial charge in [-0.25, -0.2) is 9.37 Å². The molecule has 2 atom stereocenters. The molecule has 1 aliphatic carbocycles.